The van der Waals surface area contributed by atoms with E-state index >= 15 is 0 Å². The van der Waals surface area contributed by atoms with Gasteiger partial charge in [-0.05, 0) is 41.5 Å². The number of carbonyl (C=O) groups is 1. The molecule has 2 aliphatic rings. The number of amides is 1. The number of fused-ring (bicyclic) bond motifs is 1. The number of aliphatic imine (C=N–C) groups is 1. The Labute approximate surface area is 170 Å². The predicted molar refractivity (Wildman–Crippen MR) is 117 cm³/mol. The Kier molecular flexibility index (Phi) is 4.60. The third kappa shape index (κ3) is 3.54. The lowest BCUT2D eigenvalue weighted by Crippen LogP contribution is -2.37. The maximum atomic E-state index is 12.7. The number of allylic oxidation sites excluding steroid dienone is 1. The predicted octanol–water partition coefficient (Wildman–Crippen LogP) is 4.33. The molecule has 1 atom stereocenters. The van der Waals surface area contributed by atoms with E-state index in [4.69, 9.17) is 4.99 Å². The van der Waals surface area contributed by atoms with E-state index in [1.54, 1.807) is 0 Å². The minimum absolute atomic E-state index is 0.120. The third-order valence-electron chi connectivity index (χ3n) is 5.81. The smallest absolute Gasteiger partial charge is 0.253 e. The van der Waals surface area contributed by atoms with Crippen LogP contribution >= 0.6 is 0 Å². The third-order valence-corrected chi connectivity index (χ3v) is 5.81. The summed E-state index contributed by atoms with van der Waals surface area (Å²) in [5.41, 5.74) is 2.92. The maximum Gasteiger partial charge on any atom is 0.253 e. The van der Waals surface area contributed by atoms with Crippen molar-refractivity contribution in [2.24, 2.45) is 4.99 Å². The van der Waals surface area contributed by atoms with E-state index in [-0.39, 0.29) is 5.91 Å². The molecule has 2 heterocycles. The molecule has 0 aromatic heterocycles. The molecule has 0 N–H and O–H groups in total. The highest BCUT2D eigenvalue weighted by Gasteiger charge is 2.30. The van der Waals surface area contributed by atoms with Crippen LogP contribution in [0.15, 0.2) is 90.1 Å². The lowest BCUT2D eigenvalue weighted by atomic mass is 10.0. The average molecular weight is 381 g/mol. The first-order chi connectivity index (χ1) is 14.3. The zero-order valence-electron chi connectivity index (χ0n) is 16.2. The molecular formula is C25H23N3O. The summed E-state index contributed by atoms with van der Waals surface area (Å²) >= 11 is 0. The van der Waals surface area contributed by atoms with E-state index in [2.05, 4.69) is 59.6 Å². The fourth-order valence-corrected chi connectivity index (χ4v) is 4.16. The Balaban J connectivity index is 1.25. The number of nitrogens with zero attached hydrogens (tertiary/aromatic N) is 3. The van der Waals surface area contributed by atoms with Crippen molar-refractivity contribution >= 4 is 22.4 Å². The SMILES string of the molecule is O=C(c1ccccc1)N1CC[C@H](N2C=CC(c3ccc4ccccc4c3)=NC2)C1. The molecule has 29 heavy (non-hydrogen) atoms. The van der Waals surface area contributed by atoms with E-state index in [9.17, 15) is 4.79 Å². The fraction of sp³-hybridized carbons (Fsp3) is 0.200. The Morgan fingerprint density at radius 3 is 2.52 bits per heavy atom. The largest absolute Gasteiger partial charge is 0.353 e. The van der Waals surface area contributed by atoms with Crippen molar-refractivity contribution < 1.29 is 4.79 Å². The highest BCUT2D eigenvalue weighted by atomic mass is 16.2. The zero-order valence-corrected chi connectivity index (χ0v) is 16.2. The molecule has 3 aromatic carbocycles. The van der Waals surface area contributed by atoms with E-state index in [0.29, 0.717) is 12.7 Å². The molecule has 4 nitrogen and oxygen atoms in total. The number of rotatable bonds is 3. The van der Waals surface area contributed by atoms with Gasteiger partial charge in [-0.3, -0.25) is 9.79 Å². The molecule has 1 fully saturated rings. The summed E-state index contributed by atoms with van der Waals surface area (Å²) in [7, 11) is 0. The molecule has 0 radical (unpaired) electrons. The molecule has 2 aliphatic heterocycles. The molecule has 0 aliphatic carbocycles. The molecule has 0 bridgehead atoms. The normalized spacial score (nSPS) is 18.9. The van der Waals surface area contributed by atoms with Crippen molar-refractivity contribution in [3.8, 4) is 0 Å². The number of hydrogen-bond acceptors (Lipinski definition) is 3. The second kappa shape index (κ2) is 7.55. The maximum absolute atomic E-state index is 12.7. The van der Waals surface area contributed by atoms with Gasteiger partial charge in [-0.1, -0.05) is 54.6 Å². The van der Waals surface area contributed by atoms with Crippen molar-refractivity contribution in [2.45, 2.75) is 12.5 Å². The Hall–Kier alpha value is -3.40. The summed E-state index contributed by atoms with van der Waals surface area (Å²) in [5.74, 6) is 0.120. The first kappa shape index (κ1) is 17.7. The van der Waals surface area contributed by atoms with Crippen LogP contribution in [-0.4, -0.2) is 47.2 Å². The quantitative estimate of drug-likeness (QED) is 0.677. The van der Waals surface area contributed by atoms with Gasteiger partial charge in [0, 0.05) is 36.5 Å². The van der Waals surface area contributed by atoms with Crippen LogP contribution < -0.4 is 0 Å². The van der Waals surface area contributed by atoms with Crippen molar-refractivity contribution in [1.82, 2.24) is 9.80 Å². The molecule has 3 aromatic rings. The average Bonchev–Trinajstić information content (AvgIpc) is 3.29. The molecule has 1 amide bonds. The Morgan fingerprint density at radius 1 is 0.931 bits per heavy atom. The molecule has 1 saturated heterocycles. The first-order valence-electron chi connectivity index (χ1n) is 10.1. The highest BCUT2D eigenvalue weighted by molar-refractivity contribution is 6.10. The Morgan fingerprint density at radius 2 is 1.72 bits per heavy atom. The van der Waals surface area contributed by atoms with Crippen LogP contribution in [0.25, 0.3) is 10.8 Å². The molecule has 0 spiro atoms. The van der Waals surface area contributed by atoms with Crippen molar-refractivity contribution in [3.05, 3.63) is 96.2 Å². The second-order valence-corrected chi connectivity index (χ2v) is 7.64. The van der Waals surface area contributed by atoms with Crippen molar-refractivity contribution in [2.75, 3.05) is 19.8 Å². The van der Waals surface area contributed by atoms with E-state index < -0.39 is 0 Å². The summed E-state index contributed by atoms with van der Waals surface area (Å²) in [4.78, 5) is 21.7. The van der Waals surface area contributed by atoms with E-state index in [1.165, 1.54) is 10.8 Å². The lowest BCUT2D eigenvalue weighted by molar-refractivity contribution is 0.0782. The van der Waals surface area contributed by atoms with Crippen molar-refractivity contribution in [1.29, 1.82) is 0 Å². The van der Waals surface area contributed by atoms with Gasteiger partial charge in [0.25, 0.3) is 5.91 Å². The van der Waals surface area contributed by atoms with Gasteiger partial charge < -0.3 is 9.80 Å². The minimum atomic E-state index is 0.120. The van der Waals surface area contributed by atoms with Gasteiger partial charge in [0.2, 0.25) is 0 Å². The molecule has 0 unspecified atom stereocenters. The zero-order chi connectivity index (χ0) is 19.6. The molecule has 4 heteroatoms. The van der Waals surface area contributed by atoms with E-state index in [1.807, 2.05) is 35.2 Å². The standard InChI is InChI=1S/C25H23N3O/c29-25(20-7-2-1-3-8-20)27-14-12-23(17-27)28-15-13-24(26-18-28)22-11-10-19-6-4-5-9-21(19)16-22/h1-11,13,15-16,23H,12,14,17-18H2/t23-/m0/s1. The van der Waals surface area contributed by atoms with Crippen LogP contribution in [0.1, 0.15) is 22.3 Å². The topological polar surface area (TPSA) is 35.9 Å². The van der Waals surface area contributed by atoms with Gasteiger partial charge in [-0.2, -0.15) is 0 Å². The highest BCUT2D eigenvalue weighted by Crippen LogP contribution is 2.22. The van der Waals surface area contributed by atoms with Crippen LogP contribution in [0, 0.1) is 0 Å². The second-order valence-electron chi connectivity index (χ2n) is 7.64. The molecule has 0 saturated carbocycles. The number of carbonyl (C=O) groups excluding carboxylic acids is 1. The number of benzene rings is 3. The number of hydrogen-bond donors (Lipinski definition) is 0. The van der Waals surface area contributed by atoms with Crippen LogP contribution in [0.3, 0.4) is 0 Å². The molecular weight excluding hydrogens is 358 g/mol. The summed E-state index contributed by atoms with van der Waals surface area (Å²) < 4.78 is 0. The fourth-order valence-electron chi connectivity index (χ4n) is 4.16. The van der Waals surface area contributed by atoms with Gasteiger partial charge in [0.1, 0.15) is 6.67 Å². The van der Waals surface area contributed by atoms with Gasteiger partial charge in [-0.15, -0.1) is 0 Å². The summed E-state index contributed by atoms with van der Waals surface area (Å²) in [6.07, 6.45) is 5.21. The Bertz CT molecular complexity index is 1100. The molecule has 144 valence electrons. The van der Waals surface area contributed by atoms with Crippen LogP contribution in [0.4, 0.5) is 0 Å². The monoisotopic (exact) mass is 381 g/mol. The van der Waals surface area contributed by atoms with Crippen LogP contribution in [0.5, 0.6) is 0 Å². The molecule has 5 rings (SSSR count). The van der Waals surface area contributed by atoms with Crippen LogP contribution in [0.2, 0.25) is 0 Å². The first-order valence-corrected chi connectivity index (χ1v) is 10.1. The summed E-state index contributed by atoms with van der Waals surface area (Å²) in [5, 5.41) is 2.47. The minimum Gasteiger partial charge on any atom is -0.353 e. The number of likely N-dealkylation sites (tertiary alicyclic amines) is 1. The summed E-state index contributed by atoms with van der Waals surface area (Å²) in [6.45, 7) is 2.18. The van der Waals surface area contributed by atoms with Crippen molar-refractivity contribution in [3.63, 3.8) is 0 Å². The van der Waals surface area contributed by atoms with Gasteiger partial charge in [0.15, 0.2) is 0 Å². The lowest BCUT2D eigenvalue weighted by Gasteiger charge is -2.28. The van der Waals surface area contributed by atoms with Gasteiger partial charge in [-0.25, -0.2) is 0 Å². The van der Waals surface area contributed by atoms with Crippen LogP contribution in [-0.2, 0) is 0 Å². The van der Waals surface area contributed by atoms with Gasteiger partial charge in [0.05, 0.1) is 5.71 Å². The van der Waals surface area contributed by atoms with E-state index in [0.717, 1.165) is 36.3 Å². The van der Waals surface area contributed by atoms with Gasteiger partial charge >= 0.3 is 0 Å². The summed E-state index contributed by atoms with van der Waals surface area (Å²) in [6, 6.07) is 24.7.